The van der Waals surface area contributed by atoms with Crippen molar-refractivity contribution < 1.29 is 18.7 Å². The molecular formula is C13H16F2N2O2. The quantitative estimate of drug-likeness (QED) is 0.767. The number of para-hydroxylation sites is 1. The van der Waals surface area contributed by atoms with E-state index in [1.54, 1.807) is 0 Å². The molecule has 2 atom stereocenters. The zero-order chi connectivity index (χ0) is 14.0. The van der Waals surface area contributed by atoms with Gasteiger partial charge in [-0.05, 0) is 18.1 Å². The lowest BCUT2D eigenvalue weighted by Crippen LogP contribution is -2.43. The average Bonchev–Trinajstić information content (AvgIpc) is 2.80. The second-order valence-electron chi connectivity index (χ2n) is 4.66. The van der Waals surface area contributed by atoms with Crippen LogP contribution in [0.3, 0.4) is 0 Å². The number of hydrogen-bond donors (Lipinski definition) is 3. The number of fused-ring (bicyclic) bond motifs is 1. The molecule has 0 spiro atoms. The molecule has 0 aliphatic carbocycles. The van der Waals surface area contributed by atoms with Crippen molar-refractivity contribution in [1.29, 1.82) is 0 Å². The fourth-order valence-electron chi connectivity index (χ4n) is 2.13. The van der Waals surface area contributed by atoms with E-state index in [1.807, 2.05) is 25.1 Å². The summed E-state index contributed by atoms with van der Waals surface area (Å²) in [6.45, 7) is 1.50. The van der Waals surface area contributed by atoms with Crippen LogP contribution in [0.1, 0.15) is 11.1 Å². The Labute approximate surface area is 109 Å². The van der Waals surface area contributed by atoms with Crippen LogP contribution in [0.4, 0.5) is 14.5 Å². The van der Waals surface area contributed by atoms with E-state index in [1.165, 1.54) is 0 Å². The Bertz CT molecular complexity index is 480. The molecule has 1 heterocycles. The van der Waals surface area contributed by atoms with Gasteiger partial charge in [-0.2, -0.15) is 0 Å². The van der Waals surface area contributed by atoms with Crippen molar-refractivity contribution in [2.45, 2.75) is 31.9 Å². The normalized spacial score (nSPS) is 18.9. The lowest BCUT2D eigenvalue weighted by molar-refractivity contribution is -0.122. The maximum Gasteiger partial charge on any atom is 0.265 e. The molecule has 19 heavy (non-hydrogen) atoms. The van der Waals surface area contributed by atoms with E-state index in [2.05, 4.69) is 10.6 Å². The fourth-order valence-corrected chi connectivity index (χ4v) is 2.13. The largest absolute Gasteiger partial charge is 0.385 e. The summed E-state index contributed by atoms with van der Waals surface area (Å²) in [5.74, 6) is -0.379. The molecule has 0 saturated heterocycles. The number of alkyl halides is 2. The Hall–Kier alpha value is -1.69. The van der Waals surface area contributed by atoms with Gasteiger partial charge in [-0.3, -0.25) is 4.79 Å². The highest BCUT2D eigenvalue weighted by atomic mass is 19.3. The van der Waals surface area contributed by atoms with Crippen molar-refractivity contribution in [3.05, 3.63) is 29.3 Å². The summed E-state index contributed by atoms with van der Waals surface area (Å²) in [5.41, 5.74) is 3.01. The number of anilines is 1. The van der Waals surface area contributed by atoms with Crippen LogP contribution in [0.2, 0.25) is 0 Å². The minimum absolute atomic E-state index is 0.379. The summed E-state index contributed by atoms with van der Waals surface area (Å²) in [5, 5.41) is 14.4. The zero-order valence-electron chi connectivity index (χ0n) is 10.5. The minimum atomic E-state index is -2.85. The number of carbonyl (C=O) groups is 1. The van der Waals surface area contributed by atoms with Crippen LogP contribution in [0.25, 0.3) is 0 Å². The van der Waals surface area contributed by atoms with Crippen molar-refractivity contribution in [2.75, 3.05) is 11.9 Å². The topological polar surface area (TPSA) is 61.4 Å². The van der Waals surface area contributed by atoms with Gasteiger partial charge in [0, 0.05) is 18.7 Å². The predicted octanol–water partition coefficient (Wildman–Crippen LogP) is 1.07. The molecule has 1 aromatic carbocycles. The highest BCUT2D eigenvalue weighted by molar-refractivity contribution is 5.87. The lowest BCUT2D eigenvalue weighted by Gasteiger charge is -2.15. The number of amides is 1. The number of halogens is 2. The van der Waals surface area contributed by atoms with Gasteiger partial charge in [-0.1, -0.05) is 18.2 Å². The van der Waals surface area contributed by atoms with Crippen LogP contribution < -0.4 is 10.6 Å². The van der Waals surface area contributed by atoms with E-state index in [0.29, 0.717) is 6.42 Å². The van der Waals surface area contributed by atoms with E-state index >= 15 is 0 Å². The minimum Gasteiger partial charge on any atom is -0.385 e. The number of hydrogen-bond acceptors (Lipinski definition) is 3. The first-order chi connectivity index (χ1) is 8.99. The van der Waals surface area contributed by atoms with Crippen LogP contribution in [0.5, 0.6) is 0 Å². The van der Waals surface area contributed by atoms with Gasteiger partial charge in [0.05, 0.1) is 0 Å². The molecule has 6 heteroatoms. The maximum atomic E-state index is 12.1. The summed E-state index contributed by atoms with van der Waals surface area (Å²) >= 11 is 0. The number of aliphatic hydroxyl groups excluding tert-OH is 1. The number of rotatable bonds is 4. The number of benzene rings is 1. The second-order valence-corrected chi connectivity index (χ2v) is 4.66. The lowest BCUT2D eigenvalue weighted by atomic mass is 10.1. The van der Waals surface area contributed by atoms with Crippen molar-refractivity contribution in [2.24, 2.45) is 0 Å². The molecule has 0 bridgehead atoms. The summed E-state index contributed by atoms with van der Waals surface area (Å²) in [4.78, 5) is 11.8. The van der Waals surface area contributed by atoms with Gasteiger partial charge in [0.2, 0.25) is 5.91 Å². The van der Waals surface area contributed by atoms with E-state index < -0.39 is 25.1 Å². The van der Waals surface area contributed by atoms with Crippen LogP contribution in [0.15, 0.2) is 18.2 Å². The van der Waals surface area contributed by atoms with E-state index in [-0.39, 0.29) is 5.91 Å². The smallest absolute Gasteiger partial charge is 0.265 e. The molecule has 1 aliphatic rings. The van der Waals surface area contributed by atoms with Gasteiger partial charge < -0.3 is 15.7 Å². The number of nitrogens with one attached hydrogen (secondary N) is 2. The van der Waals surface area contributed by atoms with Crippen molar-refractivity contribution in [3.63, 3.8) is 0 Å². The van der Waals surface area contributed by atoms with Crippen molar-refractivity contribution in [3.8, 4) is 0 Å². The molecule has 1 aromatic rings. The maximum absolute atomic E-state index is 12.1. The van der Waals surface area contributed by atoms with Gasteiger partial charge in [-0.25, -0.2) is 8.78 Å². The van der Waals surface area contributed by atoms with E-state index in [4.69, 9.17) is 5.11 Å². The molecule has 3 N–H and O–H groups in total. The standard InChI is InChI=1S/C13H16F2N2O2/c1-7-3-2-4-8-5-9(17-11(7)8)13(19)16-6-10(18)12(14)15/h2-4,9-10,12,17-18H,5-6H2,1H3,(H,16,19). The average molecular weight is 270 g/mol. The molecule has 1 aliphatic heterocycles. The van der Waals surface area contributed by atoms with Crippen LogP contribution >= 0.6 is 0 Å². The zero-order valence-corrected chi connectivity index (χ0v) is 10.5. The summed E-state index contributed by atoms with van der Waals surface area (Å²) < 4.78 is 24.2. The Morgan fingerprint density at radius 2 is 2.32 bits per heavy atom. The second kappa shape index (κ2) is 5.52. The van der Waals surface area contributed by atoms with Gasteiger partial charge >= 0.3 is 0 Å². The Kier molecular flexibility index (Phi) is 3.99. The third-order valence-corrected chi connectivity index (χ3v) is 3.19. The monoisotopic (exact) mass is 270 g/mol. The molecule has 2 rings (SSSR count). The van der Waals surface area contributed by atoms with E-state index in [9.17, 15) is 13.6 Å². The Balaban J connectivity index is 1.92. The number of aliphatic hydroxyl groups is 1. The molecule has 0 saturated carbocycles. The molecule has 1 amide bonds. The first-order valence-corrected chi connectivity index (χ1v) is 6.08. The first-order valence-electron chi connectivity index (χ1n) is 6.08. The van der Waals surface area contributed by atoms with E-state index in [0.717, 1.165) is 16.8 Å². The van der Waals surface area contributed by atoms with Crippen LogP contribution in [-0.4, -0.2) is 36.1 Å². The Morgan fingerprint density at radius 3 is 2.95 bits per heavy atom. The molecule has 4 nitrogen and oxygen atoms in total. The van der Waals surface area contributed by atoms with Crippen molar-refractivity contribution in [1.82, 2.24) is 5.32 Å². The molecule has 0 aromatic heterocycles. The van der Waals surface area contributed by atoms with Gasteiger partial charge in [0.15, 0.2) is 0 Å². The van der Waals surface area contributed by atoms with Gasteiger partial charge in [0.1, 0.15) is 12.1 Å². The molecule has 2 unspecified atom stereocenters. The fraction of sp³-hybridized carbons (Fsp3) is 0.462. The summed E-state index contributed by atoms with van der Waals surface area (Å²) in [6, 6.07) is 5.31. The van der Waals surface area contributed by atoms with Gasteiger partial charge in [0.25, 0.3) is 6.43 Å². The first kappa shape index (κ1) is 13.7. The summed E-state index contributed by atoms with van der Waals surface area (Å²) in [6.07, 6.45) is -4.15. The SMILES string of the molecule is Cc1cccc2c1NC(C(=O)NCC(O)C(F)F)C2. The molecule has 0 fully saturated rings. The van der Waals surface area contributed by atoms with Crippen LogP contribution in [0, 0.1) is 6.92 Å². The molecular weight excluding hydrogens is 254 g/mol. The van der Waals surface area contributed by atoms with Crippen molar-refractivity contribution >= 4 is 11.6 Å². The van der Waals surface area contributed by atoms with Gasteiger partial charge in [-0.15, -0.1) is 0 Å². The summed E-state index contributed by atoms with van der Waals surface area (Å²) in [7, 11) is 0. The Morgan fingerprint density at radius 1 is 1.58 bits per heavy atom. The highest BCUT2D eigenvalue weighted by Gasteiger charge is 2.28. The highest BCUT2D eigenvalue weighted by Crippen LogP contribution is 2.28. The van der Waals surface area contributed by atoms with Crippen LogP contribution in [-0.2, 0) is 11.2 Å². The predicted molar refractivity (Wildman–Crippen MR) is 67.3 cm³/mol. The molecule has 104 valence electrons. The number of carbonyl (C=O) groups excluding carboxylic acids is 1. The third kappa shape index (κ3) is 3.01. The number of aryl methyl sites for hydroxylation is 1. The molecule has 0 radical (unpaired) electrons. The third-order valence-electron chi connectivity index (χ3n) is 3.19.